The van der Waals surface area contributed by atoms with E-state index >= 15 is 0 Å². The Balaban J connectivity index is 2.47. The minimum atomic E-state index is -0.0562. The van der Waals surface area contributed by atoms with Gasteiger partial charge in [0.15, 0.2) is 0 Å². The number of nitrogen functional groups attached to an aromatic ring is 1. The summed E-state index contributed by atoms with van der Waals surface area (Å²) >= 11 is 0. The molecular formula is C13H20N2O2. The highest BCUT2D eigenvalue weighted by atomic mass is 16.5. The number of nitrogens with two attached hydrogens (primary N) is 1. The van der Waals surface area contributed by atoms with E-state index in [4.69, 9.17) is 10.5 Å². The van der Waals surface area contributed by atoms with Gasteiger partial charge in [0.05, 0.1) is 19.1 Å². The van der Waals surface area contributed by atoms with E-state index in [1.54, 1.807) is 6.07 Å². The van der Waals surface area contributed by atoms with Crippen LogP contribution in [0.4, 0.5) is 11.4 Å². The second-order valence-electron chi connectivity index (χ2n) is 4.29. The number of amides is 1. The smallest absolute Gasteiger partial charge is 0.226 e. The molecule has 0 unspecified atom stereocenters. The van der Waals surface area contributed by atoms with Crippen LogP contribution in [0, 0.1) is 6.92 Å². The summed E-state index contributed by atoms with van der Waals surface area (Å²) in [5.41, 5.74) is 8.07. The first-order valence-corrected chi connectivity index (χ1v) is 5.76. The maximum absolute atomic E-state index is 11.6. The lowest BCUT2D eigenvalue weighted by Gasteiger charge is -2.10. The summed E-state index contributed by atoms with van der Waals surface area (Å²) in [5.74, 6) is -0.0562. The zero-order valence-corrected chi connectivity index (χ0v) is 10.6. The van der Waals surface area contributed by atoms with Crippen molar-refractivity contribution in [3.63, 3.8) is 0 Å². The van der Waals surface area contributed by atoms with Gasteiger partial charge in [-0.3, -0.25) is 4.79 Å². The van der Waals surface area contributed by atoms with Crippen LogP contribution >= 0.6 is 0 Å². The summed E-state index contributed by atoms with van der Waals surface area (Å²) < 4.78 is 5.32. The van der Waals surface area contributed by atoms with Crippen LogP contribution in [0.2, 0.25) is 0 Å². The van der Waals surface area contributed by atoms with Gasteiger partial charge in [-0.25, -0.2) is 0 Å². The Kier molecular flexibility index (Phi) is 4.97. The average Bonchev–Trinajstić information content (AvgIpc) is 2.23. The standard InChI is InChI=1S/C13H20N2O2/c1-9(2)17-7-6-13(16)15-12-8-11(14)5-4-10(12)3/h4-5,8-9H,6-7,14H2,1-3H3,(H,15,16). The first kappa shape index (κ1) is 13.5. The van der Waals surface area contributed by atoms with Gasteiger partial charge in [-0.2, -0.15) is 0 Å². The molecule has 0 aliphatic rings. The number of carbonyl (C=O) groups excluding carboxylic acids is 1. The van der Waals surface area contributed by atoms with Gasteiger partial charge in [0.2, 0.25) is 5.91 Å². The minimum absolute atomic E-state index is 0.0562. The number of hydrogen-bond donors (Lipinski definition) is 2. The summed E-state index contributed by atoms with van der Waals surface area (Å²) in [5, 5.41) is 2.83. The van der Waals surface area contributed by atoms with Crippen molar-refractivity contribution in [2.24, 2.45) is 0 Å². The Bertz CT molecular complexity index is 389. The van der Waals surface area contributed by atoms with Crippen LogP contribution in [0.5, 0.6) is 0 Å². The third-order valence-electron chi connectivity index (χ3n) is 2.32. The van der Waals surface area contributed by atoms with E-state index in [-0.39, 0.29) is 12.0 Å². The molecule has 1 rings (SSSR count). The van der Waals surface area contributed by atoms with Crippen LogP contribution < -0.4 is 11.1 Å². The molecule has 4 nitrogen and oxygen atoms in total. The molecule has 0 radical (unpaired) electrons. The molecule has 0 aliphatic carbocycles. The minimum Gasteiger partial charge on any atom is -0.399 e. The first-order valence-electron chi connectivity index (χ1n) is 5.76. The molecule has 1 amide bonds. The molecule has 0 aliphatic heterocycles. The third-order valence-corrected chi connectivity index (χ3v) is 2.32. The fraction of sp³-hybridized carbons (Fsp3) is 0.462. The lowest BCUT2D eigenvalue weighted by molar-refractivity contribution is -0.117. The largest absolute Gasteiger partial charge is 0.399 e. The zero-order valence-electron chi connectivity index (χ0n) is 10.6. The molecule has 0 saturated carbocycles. The molecule has 0 atom stereocenters. The van der Waals surface area contributed by atoms with E-state index in [1.807, 2.05) is 32.9 Å². The number of hydrogen-bond acceptors (Lipinski definition) is 3. The second-order valence-corrected chi connectivity index (χ2v) is 4.29. The Labute approximate surface area is 102 Å². The lowest BCUT2D eigenvalue weighted by Crippen LogP contribution is -2.16. The van der Waals surface area contributed by atoms with Crippen LogP contribution in [0.25, 0.3) is 0 Å². The van der Waals surface area contributed by atoms with Crippen molar-refractivity contribution in [2.75, 3.05) is 17.7 Å². The molecule has 4 heteroatoms. The Morgan fingerprint density at radius 3 is 2.82 bits per heavy atom. The van der Waals surface area contributed by atoms with Gasteiger partial charge < -0.3 is 15.8 Å². The predicted molar refractivity (Wildman–Crippen MR) is 69.9 cm³/mol. The Morgan fingerprint density at radius 1 is 1.47 bits per heavy atom. The maximum atomic E-state index is 11.6. The molecule has 94 valence electrons. The van der Waals surface area contributed by atoms with Crippen molar-refractivity contribution in [2.45, 2.75) is 33.3 Å². The summed E-state index contributed by atoms with van der Waals surface area (Å²) in [7, 11) is 0. The predicted octanol–water partition coefficient (Wildman–Crippen LogP) is 2.33. The van der Waals surface area contributed by atoms with Crippen molar-refractivity contribution in [1.82, 2.24) is 0 Å². The van der Waals surface area contributed by atoms with Crippen LogP contribution in [-0.2, 0) is 9.53 Å². The van der Waals surface area contributed by atoms with Gasteiger partial charge in [0, 0.05) is 11.4 Å². The Hall–Kier alpha value is -1.55. The van der Waals surface area contributed by atoms with Gasteiger partial charge in [0.1, 0.15) is 0 Å². The van der Waals surface area contributed by atoms with E-state index in [0.29, 0.717) is 18.7 Å². The Morgan fingerprint density at radius 2 is 2.18 bits per heavy atom. The monoisotopic (exact) mass is 236 g/mol. The van der Waals surface area contributed by atoms with Gasteiger partial charge in [-0.15, -0.1) is 0 Å². The van der Waals surface area contributed by atoms with E-state index in [1.165, 1.54) is 0 Å². The molecule has 0 spiro atoms. The number of ether oxygens (including phenoxy) is 1. The summed E-state index contributed by atoms with van der Waals surface area (Å²) in [6, 6.07) is 5.46. The summed E-state index contributed by atoms with van der Waals surface area (Å²) in [6.07, 6.45) is 0.504. The SMILES string of the molecule is Cc1ccc(N)cc1NC(=O)CCOC(C)C. The highest BCUT2D eigenvalue weighted by Gasteiger charge is 2.05. The van der Waals surface area contributed by atoms with Crippen molar-refractivity contribution in [1.29, 1.82) is 0 Å². The first-order chi connectivity index (χ1) is 7.99. The molecule has 3 N–H and O–H groups in total. The fourth-order valence-electron chi connectivity index (χ4n) is 1.37. The normalized spacial score (nSPS) is 10.6. The van der Waals surface area contributed by atoms with Gasteiger partial charge in [-0.1, -0.05) is 6.07 Å². The molecule has 17 heavy (non-hydrogen) atoms. The summed E-state index contributed by atoms with van der Waals surface area (Å²) in [6.45, 7) is 6.25. The zero-order chi connectivity index (χ0) is 12.8. The van der Waals surface area contributed by atoms with E-state index in [9.17, 15) is 4.79 Å². The molecule has 1 aromatic rings. The highest BCUT2D eigenvalue weighted by molar-refractivity contribution is 5.92. The average molecular weight is 236 g/mol. The van der Waals surface area contributed by atoms with Gasteiger partial charge in [-0.05, 0) is 38.5 Å². The van der Waals surface area contributed by atoms with Crippen LogP contribution in [0.1, 0.15) is 25.8 Å². The van der Waals surface area contributed by atoms with E-state index in [2.05, 4.69) is 5.32 Å². The molecule has 1 aromatic carbocycles. The highest BCUT2D eigenvalue weighted by Crippen LogP contribution is 2.18. The van der Waals surface area contributed by atoms with E-state index in [0.717, 1.165) is 11.3 Å². The van der Waals surface area contributed by atoms with Gasteiger partial charge >= 0.3 is 0 Å². The molecule has 0 heterocycles. The molecular weight excluding hydrogens is 216 g/mol. The number of carbonyl (C=O) groups is 1. The van der Waals surface area contributed by atoms with Gasteiger partial charge in [0.25, 0.3) is 0 Å². The van der Waals surface area contributed by atoms with Crippen molar-refractivity contribution >= 4 is 17.3 Å². The molecule has 0 bridgehead atoms. The van der Waals surface area contributed by atoms with E-state index < -0.39 is 0 Å². The number of rotatable bonds is 5. The lowest BCUT2D eigenvalue weighted by atomic mass is 10.2. The van der Waals surface area contributed by atoms with Crippen molar-refractivity contribution < 1.29 is 9.53 Å². The van der Waals surface area contributed by atoms with Crippen LogP contribution in [-0.4, -0.2) is 18.6 Å². The summed E-state index contributed by atoms with van der Waals surface area (Å²) in [4.78, 5) is 11.6. The van der Waals surface area contributed by atoms with Crippen molar-refractivity contribution in [3.8, 4) is 0 Å². The molecule has 0 saturated heterocycles. The van der Waals surface area contributed by atoms with Crippen molar-refractivity contribution in [3.05, 3.63) is 23.8 Å². The number of anilines is 2. The third kappa shape index (κ3) is 4.87. The van der Waals surface area contributed by atoms with Crippen LogP contribution in [0.15, 0.2) is 18.2 Å². The fourth-order valence-corrected chi connectivity index (χ4v) is 1.37. The second kappa shape index (κ2) is 6.25. The maximum Gasteiger partial charge on any atom is 0.226 e. The number of nitrogens with one attached hydrogen (secondary N) is 1. The number of aryl methyl sites for hydroxylation is 1. The molecule has 0 fully saturated rings. The quantitative estimate of drug-likeness (QED) is 0.771. The number of benzene rings is 1. The molecule has 0 aromatic heterocycles. The van der Waals surface area contributed by atoms with Crippen LogP contribution in [0.3, 0.4) is 0 Å². The topological polar surface area (TPSA) is 64.3 Å².